The van der Waals surface area contributed by atoms with Crippen LogP contribution in [0, 0.1) is 5.82 Å². The fraction of sp³-hybridized carbons (Fsp3) is 0.500. The van der Waals surface area contributed by atoms with Gasteiger partial charge < -0.3 is 15.2 Å². The van der Waals surface area contributed by atoms with Gasteiger partial charge >= 0.3 is 0 Å². The minimum atomic E-state index is -0.752. The summed E-state index contributed by atoms with van der Waals surface area (Å²) in [5.41, 5.74) is -0.313. The highest BCUT2D eigenvalue weighted by molar-refractivity contribution is 5.91. The van der Waals surface area contributed by atoms with Crippen LogP contribution in [-0.2, 0) is 14.9 Å². The number of benzene rings is 1. The number of aliphatic hydroxyl groups excluding tert-OH is 1. The van der Waals surface area contributed by atoms with E-state index in [0.717, 1.165) is 0 Å². The molecule has 1 amide bonds. The van der Waals surface area contributed by atoms with Crippen molar-refractivity contribution in [3.63, 3.8) is 0 Å². The van der Waals surface area contributed by atoms with Crippen LogP contribution in [0.2, 0.25) is 0 Å². The highest BCUT2D eigenvalue weighted by atomic mass is 19.1. The molecule has 0 spiro atoms. The molecule has 0 aromatic heterocycles. The Kier molecular flexibility index (Phi) is 4.17. The van der Waals surface area contributed by atoms with Crippen molar-refractivity contribution >= 4 is 5.91 Å². The van der Waals surface area contributed by atoms with Gasteiger partial charge in [0, 0.05) is 19.2 Å². The molecule has 1 aliphatic carbocycles. The van der Waals surface area contributed by atoms with E-state index in [1.807, 2.05) is 0 Å². The molecule has 1 aliphatic rings. The van der Waals surface area contributed by atoms with Gasteiger partial charge in [0.2, 0.25) is 5.91 Å². The Balaban J connectivity index is 2.01. The summed E-state index contributed by atoms with van der Waals surface area (Å²) in [6.07, 6.45) is 0.533. The molecule has 1 unspecified atom stereocenters. The molecule has 4 nitrogen and oxygen atoms in total. The summed E-state index contributed by atoms with van der Waals surface area (Å²) in [6, 6.07) is 6.34. The molecular formula is C14H18FNO3. The van der Waals surface area contributed by atoms with Crippen molar-refractivity contribution in [3.05, 3.63) is 35.6 Å². The van der Waals surface area contributed by atoms with Gasteiger partial charge in [0.15, 0.2) is 0 Å². The number of hydrogen-bond donors (Lipinski definition) is 2. The minimum absolute atomic E-state index is 0.114. The van der Waals surface area contributed by atoms with Gasteiger partial charge in [0.1, 0.15) is 5.82 Å². The zero-order chi connectivity index (χ0) is 13.9. The zero-order valence-electron chi connectivity index (χ0n) is 10.9. The van der Waals surface area contributed by atoms with E-state index in [1.54, 1.807) is 18.2 Å². The van der Waals surface area contributed by atoms with E-state index in [2.05, 4.69) is 5.32 Å². The van der Waals surface area contributed by atoms with Gasteiger partial charge in [0.25, 0.3) is 0 Å². The summed E-state index contributed by atoms with van der Waals surface area (Å²) in [5.74, 6) is -0.583. The molecule has 1 saturated carbocycles. The number of rotatable bonds is 6. The van der Waals surface area contributed by atoms with Crippen LogP contribution in [0.15, 0.2) is 24.3 Å². The number of hydrogen-bond acceptors (Lipinski definition) is 3. The number of carbonyl (C=O) groups excluding carboxylic acids is 1. The van der Waals surface area contributed by atoms with Crippen LogP contribution >= 0.6 is 0 Å². The fourth-order valence-electron chi connectivity index (χ4n) is 2.22. The second-order valence-corrected chi connectivity index (χ2v) is 4.88. The van der Waals surface area contributed by atoms with E-state index in [-0.39, 0.29) is 24.9 Å². The predicted molar refractivity (Wildman–Crippen MR) is 68.2 cm³/mol. The molecule has 5 heteroatoms. The van der Waals surface area contributed by atoms with E-state index in [9.17, 15) is 14.3 Å². The molecule has 0 aliphatic heterocycles. The van der Waals surface area contributed by atoms with Crippen molar-refractivity contribution in [1.29, 1.82) is 0 Å². The Morgan fingerprint density at radius 1 is 1.53 bits per heavy atom. The Labute approximate surface area is 111 Å². The highest BCUT2D eigenvalue weighted by Crippen LogP contribution is 2.49. The van der Waals surface area contributed by atoms with E-state index in [4.69, 9.17) is 4.74 Å². The molecule has 1 aromatic rings. The quantitative estimate of drug-likeness (QED) is 0.808. The maximum Gasteiger partial charge on any atom is 0.230 e. The Morgan fingerprint density at radius 3 is 2.79 bits per heavy atom. The van der Waals surface area contributed by atoms with Crippen molar-refractivity contribution in [2.75, 3.05) is 20.3 Å². The van der Waals surface area contributed by atoms with Crippen molar-refractivity contribution in [1.82, 2.24) is 5.32 Å². The third-order valence-electron chi connectivity index (χ3n) is 3.43. The van der Waals surface area contributed by atoms with Crippen LogP contribution in [0.25, 0.3) is 0 Å². The Morgan fingerprint density at radius 2 is 2.21 bits per heavy atom. The summed E-state index contributed by atoms with van der Waals surface area (Å²) < 4.78 is 18.5. The maximum absolute atomic E-state index is 13.8. The first-order valence-corrected chi connectivity index (χ1v) is 6.30. The number of amides is 1. The average molecular weight is 267 g/mol. The van der Waals surface area contributed by atoms with E-state index >= 15 is 0 Å². The van der Waals surface area contributed by atoms with Crippen LogP contribution in [0.3, 0.4) is 0 Å². The van der Waals surface area contributed by atoms with Crippen LogP contribution in [0.1, 0.15) is 18.4 Å². The summed E-state index contributed by atoms with van der Waals surface area (Å²) in [7, 11) is 1.48. The smallest absolute Gasteiger partial charge is 0.230 e. The molecule has 2 N–H and O–H groups in total. The summed E-state index contributed by atoms with van der Waals surface area (Å²) >= 11 is 0. The standard InChI is InChI=1S/C14H18FNO3/c1-19-9-10(17)8-16-13(18)14(6-7-14)11-4-2-3-5-12(11)15/h2-5,10,17H,6-9H2,1H3,(H,16,18). The average Bonchev–Trinajstić information content (AvgIpc) is 3.18. The lowest BCUT2D eigenvalue weighted by Crippen LogP contribution is -2.40. The third-order valence-corrected chi connectivity index (χ3v) is 3.43. The van der Waals surface area contributed by atoms with Crippen LogP contribution in [-0.4, -0.2) is 37.4 Å². The van der Waals surface area contributed by atoms with Crippen molar-refractivity contribution in [3.8, 4) is 0 Å². The van der Waals surface area contributed by atoms with Gasteiger partial charge in [-0.05, 0) is 18.9 Å². The number of halogens is 1. The zero-order valence-corrected chi connectivity index (χ0v) is 10.9. The van der Waals surface area contributed by atoms with Gasteiger partial charge in [0.05, 0.1) is 18.1 Å². The topological polar surface area (TPSA) is 58.6 Å². The van der Waals surface area contributed by atoms with Crippen LogP contribution in [0.4, 0.5) is 4.39 Å². The Bertz CT molecular complexity index is 460. The van der Waals surface area contributed by atoms with E-state index in [1.165, 1.54) is 13.2 Å². The number of carbonyl (C=O) groups is 1. The van der Waals surface area contributed by atoms with E-state index in [0.29, 0.717) is 18.4 Å². The number of nitrogens with one attached hydrogen (secondary N) is 1. The number of methoxy groups -OCH3 is 1. The normalized spacial score (nSPS) is 17.8. The van der Waals surface area contributed by atoms with Gasteiger partial charge in [-0.1, -0.05) is 18.2 Å². The molecule has 0 saturated heterocycles. The lowest BCUT2D eigenvalue weighted by Gasteiger charge is -2.18. The van der Waals surface area contributed by atoms with Crippen molar-refractivity contribution in [2.45, 2.75) is 24.4 Å². The summed E-state index contributed by atoms with van der Waals surface area (Å²) in [5, 5.41) is 12.2. The molecule has 1 fully saturated rings. The lowest BCUT2D eigenvalue weighted by molar-refractivity contribution is -0.124. The molecule has 1 aromatic carbocycles. The van der Waals surface area contributed by atoms with Gasteiger partial charge in [-0.3, -0.25) is 4.79 Å². The molecule has 0 heterocycles. The third kappa shape index (κ3) is 2.93. The SMILES string of the molecule is COCC(O)CNC(=O)C1(c2ccccc2F)CC1. The van der Waals surface area contributed by atoms with Gasteiger partial charge in [-0.2, -0.15) is 0 Å². The van der Waals surface area contributed by atoms with Crippen LogP contribution in [0.5, 0.6) is 0 Å². The van der Waals surface area contributed by atoms with Gasteiger partial charge in [-0.15, -0.1) is 0 Å². The number of ether oxygens (including phenoxy) is 1. The first-order chi connectivity index (χ1) is 9.10. The predicted octanol–water partition coefficient (Wildman–Crippen LogP) is 0.981. The molecule has 1 atom stereocenters. The second kappa shape index (κ2) is 5.67. The fourth-order valence-corrected chi connectivity index (χ4v) is 2.22. The summed E-state index contributed by atoms with van der Waals surface area (Å²) in [6.45, 7) is 0.274. The second-order valence-electron chi connectivity index (χ2n) is 4.88. The monoisotopic (exact) mass is 267 g/mol. The molecule has 0 radical (unpaired) electrons. The molecule has 0 bridgehead atoms. The minimum Gasteiger partial charge on any atom is -0.389 e. The molecular weight excluding hydrogens is 249 g/mol. The number of aliphatic hydroxyl groups is 1. The largest absolute Gasteiger partial charge is 0.389 e. The maximum atomic E-state index is 13.8. The van der Waals surface area contributed by atoms with Crippen molar-refractivity contribution in [2.24, 2.45) is 0 Å². The van der Waals surface area contributed by atoms with E-state index < -0.39 is 11.5 Å². The lowest BCUT2D eigenvalue weighted by atomic mass is 9.94. The Hall–Kier alpha value is -1.46. The first kappa shape index (κ1) is 14.0. The summed E-state index contributed by atoms with van der Waals surface area (Å²) in [4.78, 5) is 12.2. The van der Waals surface area contributed by atoms with Crippen molar-refractivity contribution < 1.29 is 19.0 Å². The van der Waals surface area contributed by atoms with Gasteiger partial charge in [-0.25, -0.2) is 4.39 Å². The molecule has 2 rings (SSSR count). The molecule has 19 heavy (non-hydrogen) atoms. The van der Waals surface area contributed by atoms with Crippen LogP contribution < -0.4 is 5.32 Å². The molecule has 104 valence electrons. The first-order valence-electron chi connectivity index (χ1n) is 6.30. The highest BCUT2D eigenvalue weighted by Gasteiger charge is 2.52.